The van der Waals surface area contributed by atoms with Gasteiger partial charge in [0.1, 0.15) is 22.0 Å². The third-order valence-electron chi connectivity index (χ3n) is 6.44. The highest BCUT2D eigenvalue weighted by Gasteiger charge is 2.29. The van der Waals surface area contributed by atoms with E-state index in [1.807, 2.05) is 54.6 Å². The summed E-state index contributed by atoms with van der Waals surface area (Å²) in [5.41, 5.74) is 3.20. The molecule has 192 valence electrons. The number of sulfonamides is 1. The molecular formula is C26H28N6O3S2. The highest BCUT2D eigenvalue weighted by atomic mass is 32.2. The molecular weight excluding hydrogens is 508 g/mol. The fourth-order valence-electron chi connectivity index (χ4n) is 4.41. The lowest BCUT2D eigenvalue weighted by Gasteiger charge is -2.35. The number of para-hydroxylation sites is 2. The molecule has 1 aliphatic rings. The van der Waals surface area contributed by atoms with Gasteiger partial charge in [-0.25, -0.2) is 8.42 Å². The molecule has 5 rings (SSSR count). The van der Waals surface area contributed by atoms with Crippen LogP contribution in [0.1, 0.15) is 5.56 Å². The van der Waals surface area contributed by atoms with Gasteiger partial charge in [0.25, 0.3) is 0 Å². The van der Waals surface area contributed by atoms with Crippen LogP contribution in [0.4, 0.5) is 11.4 Å². The Kier molecular flexibility index (Phi) is 7.47. The fraction of sp³-hybridized carbons (Fsp3) is 0.269. The van der Waals surface area contributed by atoms with E-state index in [9.17, 15) is 13.2 Å². The quantitative estimate of drug-likeness (QED) is 0.357. The summed E-state index contributed by atoms with van der Waals surface area (Å²) >= 11 is 0.949. The summed E-state index contributed by atoms with van der Waals surface area (Å²) in [6, 6.07) is 20.7. The largest absolute Gasteiger partial charge is 0.367 e. The Hall–Kier alpha value is -3.38. The lowest BCUT2D eigenvalue weighted by atomic mass is 10.1. The van der Waals surface area contributed by atoms with Crippen LogP contribution < -0.4 is 14.9 Å². The van der Waals surface area contributed by atoms with E-state index < -0.39 is 22.0 Å². The number of rotatable bonds is 8. The first-order valence-corrected chi connectivity index (χ1v) is 14.2. The van der Waals surface area contributed by atoms with Crippen LogP contribution in [0.25, 0.3) is 11.0 Å². The number of aromatic nitrogens is 2. The summed E-state index contributed by atoms with van der Waals surface area (Å²) in [6.07, 6.45) is 0.188. The molecule has 0 radical (unpaired) electrons. The number of nitrogens with one attached hydrogen (secondary N) is 2. The number of carbonyl (C=O) groups is 1. The van der Waals surface area contributed by atoms with Crippen molar-refractivity contribution in [2.24, 2.45) is 0 Å². The molecule has 37 heavy (non-hydrogen) atoms. The van der Waals surface area contributed by atoms with E-state index >= 15 is 0 Å². The maximum absolute atomic E-state index is 13.6. The van der Waals surface area contributed by atoms with Crippen LogP contribution in [0.3, 0.4) is 0 Å². The Bertz CT molecular complexity index is 1480. The van der Waals surface area contributed by atoms with Crippen molar-refractivity contribution in [3.05, 3.63) is 78.4 Å². The molecule has 1 amide bonds. The maximum Gasteiger partial charge on any atom is 0.243 e. The average molecular weight is 537 g/mol. The molecule has 11 heteroatoms. The van der Waals surface area contributed by atoms with Crippen LogP contribution in [0.15, 0.2) is 77.7 Å². The topological polar surface area (TPSA) is 108 Å². The highest BCUT2D eigenvalue weighted by molar-refractivity contribution is 7.89. The monoisotopic (exact) mass is 536 g/mol. The molecule has 3 aromatic carbocycles. The number of likely N-dealkylation sites (N-methyl/N-ethyl adjacent to an activating group) is 1. The second kappa shape index (κ2) is 10.9. The van der Waals surface area contributed by atoms with E-state index in [0.717, 1.165) is 49.2 Å². The lowest BCUT2D eigenvalue weighted by Crippen LogP contribution is -2.46. The first-order chi connectivity index (χ1) is 17.9. The van der Waals surface area contributed by atoms with E-state index in [1.165, 1.54) is 6.07 Å². The van der Waals surface area contributed by atoms with Crippen molar-refractivity contribution in [1.29, 1.82) is 0 Å². The number of fused-ring (bicyclic) bond motifs is 1. The van der Waals surface area contributed by atoms with Gasteiger partial charge in [-0.2, -0.15) is 13.5 Å². The summed E-state index contributed by atoms with van der Waals surface area (Å²) in [6.45, 7) is 3.54. The van der Waals surface area contributed by atoms with E-state index in [4.69, 9.17) is 0 Å². The van der Waals surface area contributed by atoms with Gasteiger partial charge in [0.15, 0.2) is 0 Å². The Balaban J connectivity index is 1.43. The smallest absolute Gasteiger partial charge is 0.243 e. The Morgan fingerprint density at radius 3 is 2.46 bits per heavy atom. The molecule has 0 spiro atoms. The zero-order valence-corrected chi connectivity index (χ0v) is 22.0. The maximum atomic E-state index is 13.6. The Morgan fingerprint density at radius 2 is 1.68 bits per heavy atom. The minimum atomic E-state index is -4.07. The van der Waals surface area contributed by atoms with Crippen LogP contribution in [-0.2, 0) is 21.2 Å². The summed E-state index contributed by atoms with van der Waals surface area (Å²) in [5.74, 6) is -0.433. The Labute approximate surface area is 220 Å². The molecule has 4 aromatic rings. The second-order valence-corrected chi connectivity index (χ2v) is 11.3. The molecule has 9 nitrogen and oxygen atoms in total. The number of carbonyl (C=O) groups excluding carboxylic acids is 1. The molecule has 1 atom stereocenters. The third-order valence-corrected chi connectivity index (χ3v) is 8.49. The minimum Gasteiger partial charge on any atom is -0.367 e. The van der Waals surface area contributed by atoms with Gasteiger partial charge in [0.05, 0.1) is 23.1 Å². The zero-order chi connectivity index (χ0) is 25.8. The van der Waals surface area contributed by atoms with Crippen molar-refractivity contribution in [1.82, 2.24) is 18.4 Å². The molecule has 1 fully saturated rings. The van der Waals surface area contributed by atoms with Crippen LogP contribution in [0, 0.1) is 0 Å². The van der Waals surface area contributed by atoms with Crippen molar-refractivity contribution in [2.45, 2.75) is 17.4 Å². The predicted molar refractivity (Wildman–Crippen MR) is 146 cm³/mol. The SMILES string of the molecule is CN1CCN(c2ccccc2NC(=O)[C@@H](Cc2ccccc2)NS(=O)(=O)c2cccc3nsnc23)CC1. The molecule has 0 aliphatic carbocycles. The van der Waals surface area contributed by atoms with E-state index in [-0.39, 0.29) is 11.3 Å². The van der Waals surface area contributed by atoms with Crippen LogP contribution in [-0.4, -0.2) is 67.2 Å². The number of nitrogens with zero attached hydrogens (tertiary/aromatic N) is 4. The summed E-state index contributed by atoms with van der Waals surface area (Å²) < 4.78 is 37.9. The van der Waals surface area contributed by atoms with Crippen molar-refractivity contribution < 1.29 is 13.2 Å². The minimum absolute atomic E-state index is 0.00227. The third kappa shape index (κ3) is 5.80. The summed E-state index contributed by atoms with van der Waals surface area (Å²) in [5, 5.41) is 3.00. The van der Waals surface area contributed by atoms with Gasteiger partial charge in [-0.3, -0.25) is 4.79 Å². The zero-order valence-electron chi connectivity index (χ0n) is 20.4. The molecule has 2 heterocycles. The van der Waals surface area contributed by atoms with Gasteiger partial charge >= 0.3 is 0 Å². The van der Waals surface area contributed by atoms with E-state index in [1.54, 1.807) is 12.1 Å². The van der Waals surface area contributed by atoms with Crippen molar-refractivity contribution in [3.8, 4) is 0 Å². The number of anilines is 2. The first-order valence-electron chi connectivity index (χ1n) is 12.0. The molecule has 0 saturated carbocycles. The number of piperazine rings is 1. The van der Waals surface area contributed by atoms with Gasteiger partial charge in [0.2, 0.25) is 15.9 Å². The Morgan fingerprint density at radius 1 is 0.946 bits per heavy atom. The van der Waals surface area contributed by atoms with Crippen molar-refractivity contribution >= 4 is 50.1 Å². The standard InChI is InChI=1S/C26H28N6O3S2/c1-31-14-16-32(17-15-31)23-12-6-5-10-20(23)27-26(33)22(18-19-8-3-2-4-9-19)30-37(34,35)24-13-7-11-21-25(24)29-36-28-21/h2-13,22,30H,14-18H2,1H3,(H,27,33)/t22-/m1/s1. The lowest BCUT2D eigenvalue weighted by molar-refractivity contribution is -0.117. The summed E-state index contributed by atoms with van der Waals surface area (Å²) in [7, 11) is -1.98. The molecule has 1 aromatic heterocycles. The highest BCUT2D eigenvalue weighted by Crippen LogP contribution is 2.27. The van der Waals surface area contributed by atoms with Gasteiger partial charge in [-0.05, 0) is 43.3 Å². The van der Waals surface area contributed by atoms with Gasteiger partial charge in [-0.1, -0.05) is 48.5 Å². The fourth-order valence-corrected chi connectivity index (χ4v) is 6.37. The predicted octanol–water partition coefficient (Wildman–Crippen LogP) is 2.97. The van der Waals surface area contributed by atoms with Crippen LogP contribution in [0.2, 0.25) is 0 Å². The number of hydrogen-bond donors (Lipinski definition) is 2. The first kappa shape index (κ1) is 25.3. The number of hydrogen-bond acceptors (Lipinski definition) is 8. The second-order valence-electron chi connectivity index (χ2n) is 9.05. The number of benzene rings is 3. The van der Waals surface area contributed by atoms with Crippen LogP contribution >= 0.6 is 11.7 Å². The molecule has 0 bridgehead atoms. The molecule has 1 saturated heterocycles. The van der Waals surface area contributed by atoms with Gasteiger partial charge in [0, 0.05) is 26.2 Å². The van der Waals surface area contributed by atoms with Crippen molar-refractivity contribution in [3.63, 3.8) is 0 Å². The average Bonchev–Trinajstić information content (AvgIpc) is 3.39. The van der Waals surface area contributed by atoms with Crippen LogP contribution in [0.5, 0.6) is 0 Å². The van der Waals surface area contributed by atoms with E-state index in [0.29, 0.717) is 16.7 Å². The normalized spacial score (nSPS) is 15.5. The van der Waals surface area contributed by atoms with E-state index in [2.05, 4.69) is 35.6 Å². The van der Waals surface area contributed by atoms with Gasteiger partial charge < -0.3 is 15.1 Å². The van der Waals surface area contributed by atoms with Gasteiger partial charge in [-0.15, -0.1) is 0 Å². The van der Waals surface area contributed by atoms with Crippen molar-refractivity contribution in [2.75, 3.05) is 43.4 Å². The molecule has 2 N–H and O–H groups in total. The summed E-state index contributed by atoms with van der Waals surface area (Å²) in [4.78, 5) is 18.1. The molecule has 1 aliphatic heterocycles. The molecule has 0 unspecified atom stereocenters. The number of amides is 1.